The molecule has 1 aliphatic heterocycles. The molecule has 23 heavy (non-hydrogen) atoms. The molecule has 0 unspecified atom stereocenters. The van der Waals surface area contributed by atoms with Gasteiger partial charge in [-0.3, -0.25) is 9.89 Å². The van der Waals surface area contributed by atoms with Crippen molar-refractivity contribution in [1.82, 2.24) is 25.2 Å². The number of aromatic amines is 1. The highest BCUT2D eigenvalue weighted by atomic mass is 16.5. The second-order valence-corrected chi connectivity index (χ2v) is 6.35. The highest BCUT2D eigenvalue weighted by molar-refractivity contribution is 5.92. The molecule has 1 saturated heterocycles. The molecule has 7 nitrogen and oxygen atoms in total. The first-order valence-corrected chi connectivity index (χ1v) is 8.25. The molecule has 2 aromatic rings. The number of aryl methyl sites for hydroxylation is 1. The lowest BCUT2D eigenvalue weighted by atomic mass is 9.97. The van der Waals surface area contributed by atoms with Gasteiger partial charge in [0.15, 0.2) is 5.82 Å². The van der Waals surface area contributed by atoms with E-state index in [4.69, 9.17) is 4.52 Å². The Labute approximate surface area is 135 Å². The fraction of sp³-hybridized carbons (Fsp3) is 0.625. The molecular weight excluding hydrogens is 294 g/mol. The lowest BCUT2D eigenvalue weighted by molar-refractivity contribution is 0.0697. The molecule has 3 rings (SSSR count). The molecule has 1 fully saturated rings. The van der Waals surface area contributed by atoms with Gasteiger partial charge >= 0.3 is 0 Å². The zero-order chi connectivity index (χ0) is 16.4. The predicted octanol–water partition coefficient (Wildman–Crippen LogP) is 2.50. The number of likely N-dealkylation sites (tertiary alicyclic amines) is 1. The van der Waals surface area contributed by atoms with Gasteiger partial charge in [-0.1, -0.05) is 25.9 Å². The smallest absolute Gasteiger partial charge is 0.274 e. The number of H-pyrrole nitrogens is 1. The van der Waals surface area contributed by atoms with Crippen molar-refractivity contribution in [2.45, 2.75) is 51.9 Å². The van der Waals surface area contributed by atoms with E-state index in [0.29, 0.717) is 29.9 Å². The van der Waals surface area contributed by atoms with E-state index in [1.807, 2.05) is 17.9 Å². The summed E-state index contributed by atoms with van der Waals surface area (Å²) >= 11 is 0. The highest BCUT2D eigenvalue weighted by Crippen LogP contribution is 2.26. The van der Waals surface area contributed by atoms with Crippen LogP contribution in [0.25, 0.3) is 0 Å². The first-order valence-electron chi connectivity index (χ1n) is 8.25. The Kier molecular flexibility index (Phi) is 4.45. The number of hydrogen-bond donors (Lipinski definition) is 1. The Bertz CT molecular complexity index is 676. The summed E-state index contributed by atoms with van der Waals surface area (Å²) in [6, 6.07) is 1.85. The molecule has 7 heteroatoms. The van der Waals surface area contributed by atoms with Crippen LogP contribution in [0, 0.1) is 0 Å². The average Bonchev–Trinajstić information content (AvgIpc) is 3.23. The monoisotopic (exact) mass is 317 g/mol. The molecule has 1 aliphatic rings. The van der Waals surface area contributed by atoms with Crippen molar-refractivity contribution in [3.63, 3.8) is 0 Å². The van der Waals surface area contributed by atoms with Crippen molar-refractivity contribution in [2.75, 3.05) is 13.1 Å². The quantitative estimate of drug-likeness (QED) is 0.936. The van der Waals surface area contributed by atoms with Crippen LogP contribution < -0.4 is 0 Å². The van der Waals surface area contributed by atoms with Crippen LogP contribution in [0.5, 0.6) is 0 Å². The number of aromatic nitrogens is 4. The van der Waals surface area contributed by atoms with Crippen molar-refractivity contribution >= 4 is 5.91 Å². The molecule has 1 atom stereocenters. The number of amides is 1. The first kappa shape index (κ1) is 15.7. The predicted molar refractivity (Wildman–Crippen MR) is 84.2 cm³/mol. The maximum atomic E-state index is 12.7. The molecule has 0 saturated carbocycles. The Balaban J connectivity index is 1.70. The number of nitrogens with one attached hydrogen (secondary N) is 1. The summed E-state index contributed by atoms with van der Waals surface area (Å²) in [6.07, 6.45) is 2.64. The minimum atomic E-state index is -0.0305. The Hall–Kier alpha value is -2.18. The Morgan fingerprint density at radius 3 is 3.00 bits per heavy atom. The summed E-state index contributed by atoms with van der Waals surface area (Å²) in [5.74, 6) is 1.80. The van der Waals surface area contributed by atoms with Gasteiger partial charge in [0.1, 0.15) is 5.69 Å². The maximum Gasteiger partial charge on any atom is 0.274 e. The van der Waals surface area contributed by atoms with Crippen molar-refractivity contribution < 1.29 is 9.32 Å². The van der Waals surface area contributed by atoms with Crippen molar-refractivity contribution in [1.29, 1.82) is 0 Å². The lowest BCUT2D eigenvalue weighted by Crippen LogP contribution is -2.39. The molecule has 1 amide bonds. The van der Waals surface area contributed by atoms with Gasteiger partial charge in [0, 0.05) is 31.1 Å². The number of nitrogens with zero attached hydrogens (tertiary/aromatic N) is 4. The maximum absolute atomic E-state index is 12.7. The fourth-order valence-corrected chi connectivity index (χ4v) is 2.85. The third-order valence-corrected chi connectivity index (χ3v) is 4.30. The van der Waals surface area contributed by atoms with Crippen LogP contribution in [-0.2, 0) is 6.42 Å². The van der Waals surface area contributed by atoms with E-state index in [9.17, 15) is 4.79 Å². The number of carbonyl (C=O) groups is 1. The average molecular weight is 317 g/mol. The zero-order valence-electron chi connectivity index (χ0n) is 13.9. The lowest BCUT2D eigenvalue weighted by Gasteiger charge is -2.30. The van der Waals surface area contributed by atoms with E-state index in [0.717, 1.165) is 31.5 Å². The van der Waals surface area contributed by atoms with Crippen LogP contribution in [0.3, 0.4) is 0 Å². The van der Waals surface area contributed by atoms with E-state index < -0.39 is 0 Å². The van der Waals surface area contributed by atoms with Crippen molar-refractivity contribution in [3.8, 4) is 0 Å². The van der Waals surface area contributed by atoms with Gasteiger partial charge in [-0.2, -0.15) is 10.1 Å². The summed E-state index contributed by atoms with van der Waals surface area (Å²) in [7, 11) is 0. The van der Waals surface area contributed by atoms with E-state index in [2.05, 4.69) is 34.2 Å². The summed E-state index contributed by atoms with van der Waals surface area (Å²) < 4.78 is 5.20. The molecule has 0 bridgehead atoms. The van der Waals surface area contributed by atoms with Gasteiger partial charge in [-0.15, -0.1) is 0 Å². The molecule has 0 radical (unpaired) electrons. The summed E-state index contributed by atoms with van der Waals surface area (Å²) in [6.45, 7) is 7.49. The van der Waals surface area contributed by atoms with Crippen LogP contribution >= 0.6 is 0 Å². The topological polar surface area (TPSA) is 87.9 Å². The Morgan fingerprint density at radius 1 is 1.52 bits per heavy atom. The Morgan fingerprint density at radius 2 is 2.35 bits per heavy atom. The van der Waals surface area contributed by atoms with Gasteiger partial charge in [0.05, 0.1) is 0 Å². The molecule has 0 spiro atoms. The first-order chi connectivity index (χ1) is 11.1. The highest BCUT2D eigenvalue weighted by Gasteiger charge is 2.29. The standard InChI is InChI=1S/C16H23N5O2/c1-4-14-17-15(20-23-14)11-6-5-7-21(9-11)16(22)13-8-12(10(2)3)18-19-13/h8,10-11H,4-7,9H2,1-3H3,(H,18,19)/t11-/m1/s1. The molecular formula is C16H23N5O2. The zero-order valence-corrected chi connectivity index (χ0v) is 13.9. The van der Waals surface area contributed by atoms with Crippen LogP contribution in [0.4, 0.5) is 0 Å². The minimum absolute atomic E-state index is 0.0305. The fourth-order valence-electron chi connectivity index (χ4n) is 2.85. The molecule has 0 aromatic carbocycles. The van der Waals surface area contributed by atoms with Crippen molar-refractivity contribution in [3.05, 3.63) is 29.2 Å². The van der Waals surface area contributed by atoms with Gasteiger partial charge in [-0.05, 0) is 24.8 Å². The second kappa shape index (κ2) is 6.52. The van der Waals surface area contributed by atoms with Crippen molar-refractivity contribution in [2.24, 2.45) is 0 Å². The number of carbonyl (C=O) groups excluding carboxylic acids is 1. The minimum Gasteiger partial charge on any atom is -0.339 e. The number of hydrogen-bond acceptors (Lipinski definition) is 5. The molecule has 124 valence electrons. The SMILES string of the molecule is CCc1nc([C@@H]2CCCN(C(=O)c3cc(C(C)C)[nH]n3)C2)no1. The van der Waals surface area contributed by atoms with E-state index in [-0.39, 0.29) is 11.8 Å². The molecule has 1 N–H and O–H groups in total. The summed E-state index contributed by atoms with van der Waals surface area (Å²) in [5, 5.41) is 11.2. The summed E-state index contributed by atoms with van der Waals surface area (Å²) in [4.78, 5) is 18.9. The van der Waals surface area contributed by atoms with Gasteiger partial charge in [0.25, 0.3) is 5.91 Å². The van der Waals surface area contributed by atoms with E-state index in [1.54, 1.807) is 0 Å². The van der Waals surface area contributed by atoms with Gasteiger partial charge < -0.3 is 9.42 Å². The molecule has 3 heterocycles. The van der Waals surface area contributed by atoms with E-state index >= 15 is 0 Å². The molecule has 2 aromatic heterocycles. The molecule has 0 aliphatic carbocycles. The number of piperidine rings is 1. The third kappa shape index (κ3) is 3.28. The normalized spacial score (nSPS) is 18.6. The van der Waals surface area contributed by atoms with Crippen LogP contribution in [0.2, 0.25) is 0 Å². The van der Waals surface area contributed by atoms with E-state index in [1.165, 1.54) is 0 Å². The largest absolute Gasteiger partial charge is 0.339 e. The van der Waals surface area contributed by atoms with Gasteiger partial charge in [-0.25, -0.2) is 0 Å². The second-order valence-electron chi connectivity index (χ2n) is 6.35. The van der Waals surface area contributed by atoms with Crippen LogP contribution in [-0.4, -0.2) is 44.2 Å². The third-order valence-electron chi connectivity index (χ3n) is 4.30. The number of rotatable bonds is 4. The van der Waals surface area contributed by atoms with Gasteiger partial charge in [0.2, 0.25) is 5.89 Å². The van der Waals surface area contributed by atoms with Crippen LogP contribution in [0.15, 0.2) is 10.6 Å². The summed E-state index contributed by atoms with van der Waals surface area (Å²) in [5.41, 5.74) is 1.46. The van der Waals surface area contributed by atoms with Crippen LogP contribution in [0.1, 0.15) is 73.3 Å².